The third-order valence-corrected chi connectivity index (χ3v) is 2.26. The first-order valence-corrected chi connectivity index (χ1v) is 5.07. The quantitative estimate of drug-likeness (QED) is 0.879. The minimum atomic E-state index is 0.852. The average Bonchev–Trinajstić information content (AvgIpc) is 2.19. The Morgan fingerprint density at radius 1 is 1.07 bits per heavy atom. The van der Waals surface area contributed by atoms with E-state index in [9.17, 15) is 0 Å². The van der Waals surface area contributed by atoms with Gasteiger partial charge in [0.2, 0.25) is 0 Å². The molecular formula is C11H9BrN2. The highest BCUT2D eigenvalue weighted by atomic mass is 79.9. The summed E-state index contributed by atoms with van der Waals surface area (Å²) < 4.78 is 1.05. The van der Waals surface area contributed by atoms with Crippen LogP contribution in [0.2, 0.25) is 0 Å². The third kappa shape index (κ3) is 2.33. The Morgan fingerprint density at radius 2 is 2.00 bits per heavy atom. The number of nitrogens with one attached hydrogen (secondary N) is 1. The second-order valence-electron chi connectivity index (χ2n) is 2.85. The van der Waals surface area contributed by atoms with Gasteiger partial charge in [0.05, 0.1) is 0 Å². The summed E-state index contributed by atoms with van der Waals surface area (Å²) in [7, 11) is 0. The van der Waals surface area contributed by atoms with Crippen molar-refractivity contribution in [1.82, 2.24) is 4.98 Å². The van der Waals surface area contributed by atoms with Gasteiger partial charge in [0, 0.05) is 16.4 Å². The summed E-state index contributed by atoms with van der Waals surface area (Å²) in [5.41, 5.74) is 1.03. The van der Waals surface area contributed by atoms with Crippen LogP contribution in [0.25, 0.3) is 0 Å². The van der Waals surface area contributed by atoms with E-state index in [1.54, 1.807) is 6.20 Å². The number of pyridine rings is 1. The molecule has 2 nitrogen and oxygen atoms in total. The van der Waals surface area contributed by atoms with Crippen molar-refractivity contribution in [3.8, 4) is 0 Å². The van der Waals surface area contributed by atoms with Crippen LogP contribution >= 0.6 is 15.9 Å². The van der Waals surface area contributed by atoms with Gasteiger partial charge in [-0.05, 0) is 30.3 Å². The van der Waals surface area contributed by atoms with Gasteiger partial charge in [-0.15, -0.1) is 0 Å². The first-order valence-electron chi connectivity index (χ1n) is 4.28. The van der Waals surface area contributed by atoms with Gasteiger partial charge in [0.15, 0.2) is 0 Å². The SMILES string of the molecule is Brc1cccc(Nc2ccccn2)c1. The highest BCUT2D eigenvalue weighted by Crippen LogP contribution is 2.18. The number of hydrogen-bond donors (Lipinski definition) is 1. The van der Waals surface area contributed by atoms with E-state index in [4.69, 9.17) is 0 Å². The largest absolute Gasteiger partial charge is 0.340 e. The van der Waals surface area contributed by atoms with Crippen molar-refractivity contribution < 1.29 is 0 Å². The van der Waals surface area contributed by atoms with Gasteiger partial charge >= 0.3 is 0 Å². The molecule has 0 aliphatic carbocycles. The predicted molar refractivity (Wildman–Crippen MR) is 61.7 cm³/mol. The molecule has 1 aromatic carbocycles. The van der Waals surface area contributed by atoms with Crippen LogP contribution in [-0.2, 0) is 0 Å². The van der Waals surface area contributed by atoms with Gasteiger partial charge in [0.1, 0.15) is 5.82 Å². The molecule has 0 unspecified atom stereocenters. The summed E-state index contributed by atoms with van der Waals surface area (Å²) in [6, 6.07) is 13.8. The van der Waals surface area contributed by atoms with Crippen LogP contribution in [0.5, 0.6) is 0 Å². The summed E-state index contributed by atoms with van der Waals surface area (Å²) in [4.78, 5) is 4.18. The summed E-state index contributed by atoms with van der Waals surface area (Å²) in [6.45, 7) is 0. The molecule has 14 heavy (non-hydrogen) atoms. The second kappa shape index (κ2) is 4.24. The zero-order valence-electron chi connectivity index (χ0n) is 7.44. The average molecular weight is 249 g/mol. The highest BCUT2D eigenvalue weighted by molar-refractivity contribution is 9.10. The Morgan fingerprint density at radius 3 is 2.71 bits per heavy atom. The van der Waals surface area contributed by atoms with Gasteiger partial charge in [-0.25, -0.2) is 4.98 Å². The maximum atomic E-state index is 4.18. The molecule has 1 aromatic heterocycles. The van der Waals surface area contributed by atoms with Crippen molar-refractivity contribution >= 4 is 27.4 Å². The number of halogens is 1. The first kappa shape index (κ1) is 9.21. The molecule has 0 radical (unpaired) electrons. The molecule has 0 bridgehead atoms. The fourth-order valence-corrected chi connectivity index (χ4v) is 1.55. The lowest BCUT2D eigenvalue weighted by molar-refractivity contribution is 1.31. The fourth-order valence-electron chi connectivity index (χ4n) is 1.15. The van der Waals surface area contributed by atoms with E-state index < -0.39 is 0 Å². The van der Waals surface area contributed by atoms with Gasteiger partial charge in [-0.3, -0.25) is 0 Å². The molecule has 70 valence electrons. The highest BCUT2D eigenvalue weighted by Gasteiger charge is 1.94. The third-order valence-electron chi connectivity index (χ3n) is 1.76. The van der Waals surface area contributed by atoms with Crippen molar-refractivity contribution in [3.63, 3.8) is 0 Å². The van der Waals surface area contributed by atoms with E-state index in [1.807, 2.05) is 42.5 Å². The number of rotatable bonds is 2. The molecule has 1 heterocycles. The number of aromatic nitrogens is 1. The van der Waals surface area contributed by atoms with Crippen molar-refractivity contribution in [3.05, 3.63) is 53.1 Å². The van der Waals surface area contributed by atoms with Gasteiger partial charge < -0.3 is 5.32 Å². The monoisotopic (exact) mass is 248 g/mol. The van der Waals surface area contributed by atoms with E-state index in [0.29, 0.717) is 0 Å². The van der Waals surface area contributed by atoms with Gasteiger partial charge in [-0.1, -0.05) is 28.1 Å². The Balaban J connectivity index is 2.19. The summed E-state index contributed by atoms with van der Waals surface area (Å²) >= 11 is 3.42. The summed E-state index contributed by atoms with van der Waals surface area (Å²) in [5, 5.41) is 3.20. The van der Waals surface area contributed by atoms with Gasteiger partial charge in [0.25, 0.3) is 0 Å². The molecule has 2 aromatic rings. The van der Waals surface area contributed by atoms with E-state index in [2.05, 4.69) is 26.2 Å². The van der Waals surface area contributed by atoms with Crippen LogP contribution in [-0.4, -0.2) is 4.98 Å². The van der Waals surface area contributed by atoms with Crippen LogP contribution in [0.4, 0.5) is 11.5 Å². The molecule has 0 spiro atoms. The summed E-state index contributed by atoms with van der Waals surface area (Å²) in [5.74, 6) is 0.852. The van der Waals surface area contributed by atoms with Crippen LogP contribution in [0.1, 0.15) is 0 Å². The molecule has 0 saturated heterocycles. The van der Waals surface area contributed by atoms with Crippen LogP contribution in [0.3, 0.4) is 0 Å². The Kier molecular flexibility index (Phi) is 2.79. The fraction of sp³-hybridized carbons (Fsp3) is 0. The maximum absolute atomic E-state index is 4.18. The lowest BCUT2D eigenvalue weighted by atomic mass is 10.3. The zero-order valence-corrected chi connectivity index (χ0v) is 9.03. The molecular weight excluding hydrogens is 240 g/mol. The number of anilines is 2. The van der Waals surface area contributed by atoms with Crippen molar-refractivity contribution in [2.24, 2.45) is 0 Å². The predicted octanol–water partition coefficient (Wildman–Crippen LogP) is 3.59. The van der Waals surface area contributed by atoms with Gasteiger partial charge in [-0.2, -0.15) is 0 Å². The normalized spacial score (nSPS) is 9.79. The molecule has 3 heteroatoms. The molecule has 0 aliphatic heterocycles. The molecule has 0 amide bonds. The van der Waals surface area contributed by atoms with Crippen LogP contribution < -0.4 is 5.32 Å². The number of nitrogens with zero attached hydrogens (tertiary/aromatic N) is 1. The van der Waals surface area contributed by atoms with Crippen molar-refractivity contribution in [2.75, 3.05) is 5.32 Å². The Hall–Kier alpha value is -1.35. The van der Waals surface area contributed by atoms with Crippen molar-refractivity contribution in [2.45, 2.75) is 0 Å². The van der Waals surface area contributed by atoms with Crippen LogP contribution in [0, 0.1) is 0 Å². The topological polar surface area (TPSA) is 24.9 Å². The molecule has 2 rings (SSSR count). The van der Waals surface area contributed by atoms with E-state index in [1.165, 1.54) is 0 Å². The van der Waals surface area contributed by atoms with E-state index >= 15 is 0 Å². The maximum Gasteiger partial charge on any atom is 0.130 e. The number of benzene rings is 1. The zero-order chi connectivity index (χ0) is 9.80. The lowest BCUT2D eigenvalue weighted by Crippen LogP contribution is -1.91. The standard InChI is InChI=1S/C11H9BrN2/c12-9-4-3-5-10(8-9)14-11-6-1-2-7-13-11/h1-8H,(H,13,14). The van der Waals surface area contributed by atoms with Crippen LogP contribution in [0.15, 0.2) is 53.1 Å². The minimum Gasteiger partial charge on any atom is -0.340 e. The molecule has 0 saturated carbocycles. The second-order valence-corrected chi connectivity index (χ2v) is 3.77. The molecule has 1 N–H and O–H groups in total. The lowest BCUT2D eigenvalue weighted by Gasteiger charge is -2.04. The van der Waals surface area contributed by atoms with E-state index in [0.717, 1.165) is 16.0 Å². The van der Waals surface area contributed by atoms with Crippen molar-refractivity contribution in [1.29, 1.82) is 0 Å². The molecule has 0 aliphatic rings. The number of hydrogen-bond acceptors (Lipinski definition) is 2. The smallest absolute Gasteiger partial charge is 0.130 e. The minimum absolute atomic E-state index is 0.852. The summed E-state index contributed by atoms with van der Waals surface area (Å²) in [6.07, 6.45) is 1.76. The molecule has 0 atom stereocenters. The Labute approximate surface area is 91.1 Å². The Bertz CT molecular complexity index is 415. The van der Waals surface area contributed by atoms with E-state index in [-0.39, 0.29) is 0 Å². The molecule has 0 fully saturated rings. The first-order chi connectivity index (χ1) is 6.84.